The molecule has 7 nitrogen and oxygen atoms in total. The minimum Gasteiger partial charge on any atom is -0.334 e. The van der Waals surface area contributed by atoms with Crippen LogP contribution in [0.5, 0.6) is 0 Å². The summed E-state index contributed by atoms with van der Waals surface area (Å²) in [7, 11) is 0. The molecule has 8 heteroatoms. The van der Waals surface area contributed by atoms with Gasteiger partial charge in [0, 0.05) is 22.9 Å². The Bertz CT molecular complexity index is 903. The van der Waals surface area contributed by atoms with Crippen molar-refractivity contribution in [2.45, 2.75) is 6.92 Å². The van der Waals surface area contributed by atoms with Gasteiger partial charge < -0.3 is 10.2 Å². The topological polar surface area (TPSA) is 84.2 Å². The van der Waals surface area contributed by atoms with E-state index in [2.05, 4.69) is 15.3 Å². The molecular weight excluding hydrogens is 354 g/mol. The van der Waals surface area contributed by atoms with Gasteiger partial charge in [0.15, 0.2) is 0 Å². The van der Waals surface area contributed by atoms with E-state index < -0.39 is 4.92 Å². The van der Waals surface area contributed by atoms with Crippen LogP contribution in [0, 0.1) is 10.1 Å². The van der Waals surface area contributed by atoms with E-state index in [0.717, 1.165) is 5.69 Å². The molecule has 0 bridgehead atoms. The molecule has 1 N–H and O–H groups in total. The van der Waals surface area contributed by atoms with E-state index in [4.69, 9.17) is 11.6 Å². The van der Waals surface area contributed by atoms with Crippen LogP contribution in [0.4, 0.5) is 28.7 Å². The molecule has 1 heterocycles. The zero-order chi connectivity index (χ0) is 18.5. The number of para-hydroxylation sites is 1. The molecule has 132 valence electrons. The summed E-state index contributed by atoms with van der Waals surface area (Å²) in [4.78, 5) is 21.3. The molecule has 26 heavy (non-hydrogen) atoms. The molecule has 1 aromatic heterocycles. The minimum atomic E-state index is -0.473. The van der Waals surface area contributed by atoms with Crippen LogP contribution in [0.3, 0.4) is 0 Å². The summed E-state index contributed by atoms with van der Waals surface area (Å²) in [5, 5.41) is 15.3. The second-order valence-electron chi connectivity index (χ2n) is 5.36. The van der Waals surface area contributed by atoms with Gasteiger partial charge in [-0.15, -0.1) is 0 Å². The summed E-state index contributed by atoms with van der Waals surface area (Å²) in [6, 6.07) is 16.2. The van der Waals surface area contributed by atoms with Gasteiger partial charge in [-0.2, -0.15) is 0 Å². The molecule has 3 aromatic rings. The summed E-state index contributed by atoms with van der Waals surface area (Å²) >= 11 is 5.88. The Hall–Kier alpha value is -3.19. The van der Waals surface area contributed by atoms with E-state index in [0.29, 0.717) is 17.3 Å². The Morgan fingerprint density at radius 2 is 1.81 bits per heavy atom. The number of anilines is 4. The minimum absolute atomic E-state index is 0.122. The van der Waals surface area contributed by atoms with Gasteiger partial charge in [0.25, 0.3) is 0 Å². The molecule has 0 aliphatic carbocycles. The first kappa shape index (κ1) is 17.6. The molecule has 0 atom stereocenters. The number of nitro groups is 1. The lowest BCUT2D eigenvalue weighted by molar-refractivity contribution is -0.383. The van der Waals surface area contributed by atoms with Crippen molar-refractivity contribution >= 4 is 40.3 Å². The Morgan fingerprint density at radius 3 is 2.42 bits per heavy atom. The molecule has 2 aromatic carbocycles. The van der Waals surface area contributed by atoms with Crippen LogP contribution >= 0.6 is 11.6 Å². The fraction of sp³-hybridized carbons (Fsp3) is 0.111. The summed E-state index contributed by atoms with van der Waals surface area (Å²) in [6.45, 7) is 2.42. The van der Waals surface area contributed by atoms with E-state index in [1.54, 1.807) is 29.2 Å². The fourth-order valence-corrected chi connectivity index (χ4v) is 2.69. The third-order valence-electron chi connectivity index (χ3n) is 3.73. The highest BCUT2D eigenvalue weighted by Gasteiger charge is 2.27. The van der Waals surface area contributed by atoms with Gasteiger partial charge >= 0.3 is 5.69 Å². The number of hydrogen-bond acceptors (Lipinski definition) is 6. The molecule has 0 saturated heterocycles. The van der Waals surface area contributed by atoms with Crippen molar-refractivity contribution in [3.8, 4) is 0 Å². The van der Waals surface area contributed by atoms with E-state index in [9.17, 15) is 10.1 Å². The van der Waals surface area contributed by atoms with Crippen LogP contribution in [0.15, 0.2) is 60.9 Å². The van der Waals surface area contributed by atoms with Crippen molar-refractivity contribution in [1.29, 1.82) is 0 Å². The average molecular weight is 370 g/mol. The van der Waals surface area contributed by atoms with E-state index in [1.807, 2.05) is 37.3 Å². The first-order valence-corrected chi connectivity index (χ1v) is 8.32. The van der Waals surface area contributed by atoms with Crippen molar-refractivity contribution in [1.82, 2.24) is 9.97 Å². The Balaban J connectivity index is 2.06. The van der Waals surface area contributed by atoms with Crippen LogP contribution in [-0.4, -0.2) is 21.4 Å². The number of benzene rings is 2. The molecule has 0 aliphatic heterocycles. The standard InChI is InChI=1S/C18H16ClN5O2/c1-2-23(15-6-4-3-5-7-15)18-16(24(25)26)17(20-12-21-18)22-14-10-8-13(19)9-11-14/h3-12H,2H2,1H3,(H,20,21,22). The molecule has 0 saturated carbocycles. The van der Waals surface area contributed by atoms with Crippen LogP contribution in [-0.2, 0) is 0 Å². The average Bonchev–Trinajstić information content (AvgIpc) is 2.65. The smallest absolute Gasteiger partial charge is 0.334 e. The number of nitrogens with zero attached hydrogens (tertiary/aromatic N) is 4. The highest BCUT2D eigenvalue weighted by atomic mass is 35.5. The highest BCUT2D eigenvalue weighted by molar-refractivity contribution is 6.30. The number of hydrogen-bond donors (Lipinski definition) is 1. The van der Waals surface area contributed by atoms with Crippen molar-refractivity contribution in [3.63, 3.8) is 0 Å². The predicted octanol–water partition coefficient (Wildman–Crippen LogP) is 4.94. The summed E-state index contributed by atoms with van der Waals surface area (Å²) in [5.74, 6) is 0.354. The summed E-state index contributed by atoms with van der Waals surface area (Å²) < 4.78 is 0. The summed E-state index contributed by atoms with van der Waals surface area (Å²) in [5.41, 5.74) is 1.27. The van der Waals surface area contributed by atoms with Crippen LogP contribution in [0.2, 0.25) is 5.02 Å². The Morgan fingerprint density at radius 1 is 1.12 bits per heavy atom. The largest absolute Gasteiger partial charge is 0.354 e. The molecular formula is C18H16ClN5O2. The highest BCUT2D eigenvalue weighted by Crippen LogP contribution is 2.36. The van der Waals surface area contributed by atoms with Crippen molar-refractivity contribution < 1.29 is 4.92 Å². The maximum Gasteiger partial charge on any atom is 0.354 e. The van der Waals surface area contributed by atoms with Gasteiger partial charge in [-0.3, -0.25) is 10.1 Å². The SMILES string of the molecule is CCN(c1ccccc1)c1ncnc(Nc2ccc(Cl)cc2)c1[N+](=O)[O-]. The third-order valence-corrected chi connectivity index (χ3v) is 3.98. The zero-order valence-electron chi connectivity index (χ0n) is 14.0. The van der Waals surface area contributed by atoms with Crippen LogP contribution in [0.25, 0.3) is 0 Å². The quantitative estimate of drug-likeness (QED) is 0.489. The summed E-state index contributed by atoms with van der Waals surface area (Å²) in [6.07, 6.45) is 1.31. The molecule has 0 unspecified atom stereocenters. The zero-order valence-corrected chi connectivity index (χ0v) is 14.7. The Labute approximate surface area is 155 Å². The number of nitrogens with one attached hydrogen (secondary N) is 1. The maximum atomic E-state index is 11.8. The van der Waals surface area contributed by atoms with Crippen molar-refractivity contribution in [2.24, 2.45) is 0 Å². The second-order valence-corrected chi connectivity index (χ2v) is 5.80. The lowest BCUT2D eigenvalue weighted by atomic mass is 10.2. The van der Waals surface area contributed by atoms with E-state index in [1.165, 1.54) is 6.33 Å². The molecule has 0 radical (unpaired) electrons. The normalized spacial score (nSPS) is 10.4. The van der Waals surface area contributed by atoms with Crippen molar-refractivity contribution in [3.05, 3.63) is 76.1 Å². The van der Waals surface area contributed by atoms with Crippen molar-refractivity contribution in [2.75, 3.05) is 16.8 Å². The van der Waals surface area contributed by atoms with E-state index >= 15 is 0 Å². The third kappa shape index (κ3) is 3.73. The first-order chi connectivity index (χ1) is 12.6. The molecule has 0 aliphatic rings. The predicted molar refractivity (Wildman–Crippen MR) is 103 cm³/mol. The number of halogens is 1. The van der Waals surface area contributed by atoms with Gasteiger partial charge in [-0.1, -0.05) is 29.8 Å². The van der Waals surface area contributed by atoms with Crippen LogP contribution < -0.4 is 10.2 Å². The van der Waals surface area contributed by atoms with Gasteiger partial charge in [-0.05, 0) is 43.3 Å². The van der Waals surface area contributed by atoms with E-state index in [-0.39, 0.29) is 17.3 Å². The van der Waals surface area contributed by atoms with Gasteiger partial charge in [0.2, 0.25) is 11.6 Å². The molecule has 3 rings (SSSR count). The lowest BCUT2D eigenvalue weighted by Crippen LogP contribution is -2.19. The second kappa shape index (κ2) is 7.79. The molecule has 0 spiro atoms. The van der Waals surface area contributed by atoms with Gasteiger partial charge in [-0.25, -0.2) is 9.97 Å². The lowest BCUT2D eigenvalue weighted by Gasteiger charge is -2.22. The van der Waals surface area contributed by atoms with Gasteiger partial charge in [0.1, 0.15) is 6.33 Å². The molecule has 0 amide bonds. The monoisotopic (exact) mass is 369 g/mol. The number of rotatable bonds is 6. The first-order valence-electron chi connectivity index (χ1n) is 7.94. The fourth-order valence-electron chi connectivity index (χ4n) is 2.56. The van der Waals surface area contributed by atoms with Crippen LogP contribution in [0.1, 0.15) is 6.92 Å². The Kier molecular flexibility index (Phi) is 5.28. The maximum absolute atomic E-state index is 11.8. The number of aromatic nitrogens is 2. The molecule has 0 fully saturated rings. The van der Waals surface area contributed by atoms with Gasteiger partial charge in [0.05, 0.1) is 4.92 Å².